The number of amides is 1. The molecule has 0 bridgehead atoms. The van der Waals surface area contributed by atoms with Gasteiger partial charge in [-0.2, -0.15) is 5.26 Å². The Bertz CT molecular complexity index is 526. The zero-order valence-corrected chi connectivity index (χ0v) is 10.4. The predicted molar refractivity (Wildman–Crippen MR) is 67.4 cm³/mol. The van der Waals surface area contributed by atoms with E-state index in [-0.39, 0.29) is 12.1 Å². The Morgan fingerprint density at radius 1 is 1.63 bits per heavy atom. The van der Waals surface area contributed by atoms with E-state index in [4.69, 9.17) is 11.0 Å². The minimum absolute atomic E-state index is 0.0169. The van der Waals surface area contributed by atoms with Gasteiger partial charge in [0.2, 0.25) is 5.91 Å². The molecule has 0 aromatic heterocycles. The smallest absolute Gasteiger partial charge is 0.236 e. The van der Waals surface area contributed by atoms with E-state index in [1.54, 1.807) is 12.1 Å². The number of carbonyl (C=O) groups excluding carboxylic acids is 1. The average molecular weight is 262 g/mol. The van der Waals surface area contributed by atoms with Crippen molar-refractivity contribution >= 4 is 5.91 Å². The van der Waals surface area contributed by atoms with E-state index in [0.717, 1.165) is 6.54 Å². The van der Waals surface area contributed by atoms with Crippen molar-refractivity contribution in [2.24, 2.45) is 5.73 Å². The molecule has 1 unspecified atom stereocenters. The molecule has 0 radical (unpaired) electrons. The Morgan fingerprint density at radius 2 is 2.42 bits per heavy atom. The molecule has 0 saturated carbocycles. The van der Waals surface area contributed by atoms with Crippen LogP contribution in [0.2, 0.25) is 0 Å². The molecule has 0 aliphatic carbocycles. The van der Waals surface area contributed by atoms with Gasteiger partial charge in [0, 0.05) is 31.7 Å². The molecule has 19 heavy (non-hydrogen) atoms. The van der Waals surface area contributed by atoms with Gasteiger partial charge in [-0.15, -0.1) is 0 Å². The Balaban J connectivity index is 2.20. The molecular weight excluding hydrogens is 247 g/mol. The van der Waals surface area contributed by atoms with Gasteiger partial charge < -0.3 is 11.1 Å². The summed E-state index contributed by atoms with van der Waals surface area (Å²) in [5.74, 6) is -0.948. The maximum Gasteiger partial charge on any atom is 0.236 e. The quantitative estimate of drug-likeness (QED) is 0.800. The van der Waals surface area contributed by atoms with E-state index >= 15 is 0 Å². The standard InChI is InChI=1S/C13H15FN4O/c14-12-9(6-15)2-1-3-10(12)8-18-5-4-17-7-11(18)13(16)19/h1-3,11,17H,4-5,7-8H2,(H2,16,19). The van der Waals surface area contributed by atoms with Crippen molar-refractivity contribution in [3.05, 3.63) is 35.1 Å². The molecule has 1 aliphatic heterocycles. The number of nitrogens with two attached hydrogens (primary N) is 1. The summed E-state index contributed by atoms with van der Waals surface area (Å²) in [6.45, 7) is 2.08. The highest BCUT2D eigenvalue weighted by Crippen LogP contribution is 2.16. The fourth-order valence-electron chi connectivity index (χ4n) is 2.22. The summed E-state index contributed by atoms with van der Waals surface area (Å²) < 4.78 is 14.0. The van der Waals surface area contributed by atoms with Crippen LogP contribution in [0.15, 0.2) is 18.2 Å². The summed E-state index contributed by atoms with van der Waals surface area (Å²) in [6, 6.07) is 6.06. The van der Waals surface area contributed by atoms with Gasteiger partial charge in [-0.1, -0.05) is 12.1 Å². The number of benzene rings is 1. The summed E-state index contributed by atoms with van der Waals surface area (Å²) in [4.78, 5) is 13.2. The lowest BCUT2D eigenvalue weighted by atomic mass is 10.1. The lowest BCUT2D eigenvalue weighted by molar-refractivity contribution is -0.124. The van der Waals surface area contributed by atoms with Gasteiger partial charge in [0.05, 0.1) is 5.56 Å². The molecule has 1 heterocycles. The van der Waals surface area contributed by atoms with E-state index < -0.39 is 17.8 Å². The third-order valence-corrected chi connectivity index (χ3v) is 3.26. The number of hydrogen-bond donors (Lipinski definition) is 2. The third-order valence-electron chi connectivity index (χ3n) is 3.26. The van der Waals surface area contributed by atoms with Gasteiger partial charge in [0.1, 0.15) is 17.9 Å². The van der Waals surface area contributed by atoms with Crippen LogP contribution in [0.25, 0.3) is 0 Å². The monoisotopic (exact) mass is 262 g/mol. The molecule has 5 nitrogen and oxygen atoms in total. The van der Waals surface area contributed by atoms with E-state index in [2.05, 4.69) is 5.32 Å². The molecule has 3 N–H and O–H groups in total. The van der Waals surface area contributed by atoms with Gasteiger partial charge in [0.15, 0.2) is 0 Å². The molecule has 2 rings (SSSR count). The molecule has 6 heteroatoms. The van der Waals surface area contributed by atoms with Crippen molar-refractivity contribution in [2.75, 3.05) is 19.6 Å². The van der Waals surface area contributed by atoms with Gasteiger partial charge >= 0.3 is 0 Å². The summed E-state index contributed by atoms with van der Waals surface area (Å²) >= 11 is 0. The van der Waals surface area contributed by atoms with Crippen molar-refractivity contribution in [3.8, 4) is 6.07 Å². The predicted octanol–water partition coefficient (Wildman–Crippen LogP) is -0.0435. The Morgan fingerprint density at radius 3 is 3.11 bits per heavy atom. The number of carbonyl (C=O) groups is 1. The number of halogens is 1. The molecule has 1 saturated heterocycles. The van der Waals surface area contributed by atoms with E-state index in [1.165, 1.54) is 6.07 Å². The molecule has 1 aliphatic rings. The zero-order chi connectivity index (χ0) is 13.8. The lowest BCUT2D eigenvalue weighted by Gasteiger charge is -2.34. The fourth-order valence-corrected chi connectivity index (χ4v) is 2.22. The van der Waals surface area contributed by atoms with Crippen molar-refractivity contribution in [1.29, 1.82) is 5.26 Å². The van der Waals surface area contributed by atoms with Crippen molar-refractivity contribution in [2.45, 2.75) is 12.6 Å². The highest BCUT2D eigenvalue weighted by Gasteiger charge is 2.27. The van der Waals surface area contributed by atoms with Crippen LogP contribution in [0.5, 0.6) is 0 Å². The second kappa shape index (κ2) is 5.78. The number of nitrogens with one attached hydrogen (secondary N) is 1. The van der Waals surface area contributed by atoms with Crippen LogP contribution in [0.3, 0.4) is 0 Å². The molecule has 1 fully saturated rings. The van der Waals surface area contributed by atoms with Crippen LogP contribution in [-0.4, -0.2) is 36.5 Å². The Labute approximate surface area is 110 Å². The number of piperazine rings is 1. The second-order valence-corrected chi connectivity index (χ2v) is 4.48. The van der Waals surface area contributed by atoms with E-state index in [9.17, 15) is 9.18 Å². The first-order valence-electron chi connectivity index (χ1n) is 6.05. The summed E-state index contributed by atoms with van der Waals surface area (Å²) in [6.07, 6.45) is 0. The fraction of sp³-hybridized carbons (Fsp3) is 0.385. The first kappa shape index (κ1) is 13.5. The molecule has 100 valence electrons. The number of primary amides is 1. The van der Waals surface area contributed by atoms with Gasteiger partial charge in [-0.3, -0.25) is 9.69 Å². The molecule has 1 amide bonds. The Hall–Kier alpha value is -1.97. The van der Waals surface area contributed by atoms with Crippen LogP contribution in [-0.2, 0) is 11.3 Å². The molecule has 1 aromatic rings. The van der Waals surface area contributed by atoms with Crippen molar-refractivity contribution in [1.82, 2.24) is 10.2 Å². The van der Waals surface area contributed by atoms with Crippen LogP contribution < -0.4 is 11.1 Å². The first-order valence-corrected chi connectivity index (χ1v) is 6.05. The maximum atomic E-state index is 14.0. The van der Waals surface area contributed by atoms with E-state index in [0.29, 0.717) is 18.7 Å². The van der Waals surface area contributed by atoms with Crippen LogP contribution in [0.1, 0.15) is 11.1 Å². The maximum absolute atomic E-state index is 14.0. The Kier molecular flexibility index (Phi) is 4.10. The molecule has 1 aromatic carbocycles. The number of hydrogen-bond acceptors (Lipinski definition) is 4. The van der Waals surface area contributed by atoms with Gasteiger partial charge in [0.25, 0.3) is 0 Å². The summed E-state index contributed by atoms with van der Waals surface area (Å²) in [5.41, 5.74) is 5.77. The highest BCUT2D eigenvalue weighted by molar-refractivity contribution is 5.80. The van der Waals surface area contributed by atoms with Gasteiger partial charge in [-0.05, 0) is 6.07 Å². The number of rotatable bonds is 3. The van der Waals surface area contributed by atoms with Crippen LogP contribution in [0, 0.1) is 17.1 Å². The summed E-state index contributed by atoms with van der Waals surface area (Å²) in [5, 5.41) is 11.9. The van der Waals surface area contributed by atoms with Gasteiger partial charge in [-0.25, -0.2) is 4.39 Å². The molecule has 0 spiro atoms. The largest absolute Gasteiger partial charge is 0.368 e. The first-order chi connectivity index (χ1) is 9.13. The minimum Gasteiger partial charge on any atom is -0.368 e. The van der Waals surface area contributed by atoms with E-state index in [1.807, 2.05) is 11.0 Å². The number of nitriles is 1. The van der Waals surface area contributed by atoms with Crippen LogP contribution in [0.4, 0.5) is 4.39 Å². The lowest BCUT2D eigenvalue weighted by Crippen LogP contribution is -2.56. The van der Waals surface area contributed by atoms with Crippen LogP contribution >= 0.6 is 0 Å². The normalized spacial score (nSPS) is 19.9. The molecular formula is C13H15FN4O. The highest BCUT2D eigenvalue weighted by atomic mass is 19.1. The summed E-state index contributed by atoms with van der Waals surface area (Å²) in [7, 11) is 0. The zero-order valence-electron chi connectivity index (χ0n) is 10.4. The minimum atomic E-state index is -0.522. The third kappa shape index (κ3) is 2.89. The van der Waals surface area contributed by atoms with Crippen molar-refractivity contribution < 1.29 is 9.18 Å². The second-order valence-electron chi connectivity index (χ2n) is 4.48. The van der Waals surface area contributed by atoms with Crippen molar-refractivity contribution in [3.63, 3.8) is 0 Å². The average Bonchev–Trinajstić information content (AvgIpc) is 2.41. The molecule has 1 atom stereocenters. The topological polar surface area (TPSA) is 82.2 Å². The number of nitrogens with zero attached hydrogens (tertiary/aromatic N) is 2. The SMILES string of the molecule is N#Cc1cccc(CN2CCNCC2C(N)=O)c1F.